The van der Waals surface area contributed by atoms with Crippen molar-refractivity contribution >= 4 is 23.2 Å². The van der Waals surface area contributed by atoms with Crippen LogP contribution in [-0.2, 0) is 11.4 Å². The van der Waals surface area contributed by atoms with E-state index in [0.717, 1.165) is 43.6 Å². The lowest BCUT2D eigenvalue weighted by Gasteiger charge is -2.23. The maximum absolute atomic E-state index is 12.7. The molecule has 1 atom stereocenters. The van der Waals surface area contributed by atoms with Crippen molar-refractivity contribution in [1.29, 1.82) is 0 Å². The van der Waals surface area contributed by atoms with Crippen LogP contribution in [0.5, 0.6) is 5.75 Å². The van der Waals surface area contributed by atoms with E-state index in [1.165, 1.54) is 0 Å². The van der Waals surface area contributed by atoms with E-state index < -0.39 is 0 Å². The van der Waals surface area contributed by atoms with Gasteiger partial charge in [0.05, 0.1) is 5.69 Å². The second-order valence-corrected chi connectivity index (χ2v) is 7.71. The number of benzene rings is 2. The molecule has 1 aliphatic heterocycles. The molecule has 2 fully saturated rings. The second-order valence-electron chi connectivity index (χ2n) is 7.27. The van der Waals surface area contributed by atoms with Crippen LogP contribution in [0.1, 0.15) is 24.8 Å². The van der Waals surface area contributed by atoms with Crippen LogP contribution in [0.4, 0.5) is 5.69 Å². The highest BCUT2D eigenvalue weighted by molar-refractivity contribution is 6.30. The quantitative estimate of drug-likeness (QED) is 0.827. The summed E-state index contributed by atoms with van der Waals surface area (Å²) in [6.07, 6.45) is 3.20. The van der Waals surface area contributed by atoms with Gasteiger partial charge in [-0.15, -0.1) is 0 Å². The average molecular weight is 371 g/mol. The SMILES string of the molecule is O=C(Nc1ccccc1OCc1cccc(Cl)c1)C1CC12CCNCC2. The van der Waals surface area contributed by atoms with Gasteiger partial charge in [0, 0.05) is 10.9 Å². The van der Waals surface area contributed by atoms with Crippen molar-refractivity contribution in [1.82, 2.24) is 5.32 Å². The minimum atomic E-state index is 0.116. The first-order chi connectivity index (χ1) is 12.7. The molecule has 1 heterocycles. The lowest BCUT2D eigenvalue weighted by molar-refractivity contribution is -0.118. The molecule has 1 spiro atoms. The van der Waals surface area contributed by atoms with Crippen LogP contribution in [0.2, 0.25) is 5.02 Å². The molecule has 4 nitrogen and oxygen atoms in total. The molecular weight excluding hydrogens is 348 g/mol. The largest absolute Gasteiger partial charge is 0.487 e. The van der Waals surface area contributed by atoms with E-state index >= 15 is 0 Å². The number of halogens is 1. The number of piperidine rings is 1. The number of nitrogens with one attached hydrogen (secondary N) is 2. The first kappa shape index (κ1) is 17.4. The first-order valence-corrected chi connectivity index (χ1v) is 9.52. The number of para-hydroxylation sites is 2. The molecular formula is C21H23ClN2O2. The van der Waals surface area contributed by atoms with Gasteiger partial charge in [-0.05, 0) is 67.6 Å². The lowest BCUT2D eigenvalue weighted by Crippen LogP contribution is -2.31. The Balaban J connectivity index is 1.40. The molecule has 2 aliphatic rings. The summed E-state index contributed by atoms with van der Waals surface area (Å²) in [6.45, 7) is 2.44. The lowest BCUT2D eigenvalue weighted by atomic mass is 9.92. The summed E-state index contributed by atoms with van der Waals surface area (Å²) in [7, 11) is 0. The minimum Gasteiger partial charge on any atom is -0.487 e. The van der Waals surface area contributed by atoms with Crippen molar-refractivity contribution in [3.05, 3.63) is 59.1 Å². The Labute approximate surface area is 158 Å². The summed E-state index contributed by atoms with van der Waals surface area (Å²) >= 11 is 6.02. The van der Waals surface area contributed by atoms with Crippen LogP contribution in [-0.4, -0.2) is 19.0 Å². The van der Waals surface area contributed by atoms with Crippen LogP contribution < -0.4 is 15.4 Å². The second kappa shape index (κ2) is 7.29. The minimum absolute atomic E-state index is 0.116. The average Bonchev–Trinajstić information content (AvgIpc) is 3.35. The Kier molecular flexibility index (Phi) is 4.88. The molecule has 0 aromatic heterocycles. The number of carbonyl (C=O) groups excluding carboxylic acids is 1. The van der Waals surface area contributed by atoms with E-state index in [1.807, 2.05) is 48.5 Å². The van der Waals surface area contributed by atoms with Crippen LogP contribution in [0.3, 0.4) is 0 Å². The molecule has 1 unspecified atom stereocenters. The third-order valence-electron chi connectivity index (χ3n) is 5.53. The normalized spacial score (nSPS) is 20.6. The van der Waals surface area contributed by atoms with Crippen molar-refractivity contribution in [3.63, 3.8) is 0 Å². The Hall–Kier alpha value is -2.04. The molecule has 1 saturated heterocycles. The molecule has 26 heavy (non-hydrogen) atoms. The van der Waals surface area contributed by atoms with Gasteiger partial charge < -0.3 is 15.4 Å². The number of anilines is 1. The third-order valence-corrected chi connectivity index (χ3v) is 5.77. The Morgan fingerprint density at radius 1 is 1.19 bits per heavy atom. The zero-order valence-electron chi connectivity index (χ0n) is 14.6. The maximum Gasteiger partial charge on any atom is 0.228 e. The summed E-state index contributed by atoms with van der Waals surface area (Å²) in [6, 6.07) is 15.2. The summed E-state index contributed by atoms with van der Waals surface area (Å²) < 4.78 is 5.93. The van der Waals surface area contributed by atoms with Gasteiger partial charge in [0.1, 0.15) is 12.4 Å². The fourth-order valence-corrected chi connectivity index (χ4v) is 4.11. The van der Waals surface area contributed by atoms with Gasteiger partial charge in [0.25, 0.3) is 0 Å². The fourth-order valence-electron chi connectivity index (χ4n) is 3.90. The van der Waals surface area contributed by atoms with Crippen LogP contribution in [0.25, 0.3) is 0 Å². The molecule has 1 aliphatic carbocycles. The van der Waals surface area contributed by atoms with Gasteiger partial charge in [-0.2, -0.15) is 0 Å². The van der Waals surface area contributed by atoms with Crippen molar-refractivity contribution in [2.24, 2.45) is 11.3 Å². The van der Waals surface area contributed by atoms with Gasteiger partial charge in [-0.25, -0.2) is 0 Å². The molecule has 5 heteroatoms. The first-order valence-electron chi connectivity index (χ1n) is 9.14. The topological polar surface area (TPSA) is 50.4 Å². The van der Waals surface area contributed by atoms with Crippen LogP contribution >= 0.6 is 11.6 Å². The molecule has 136 valence electrons. The summed E-state index contributed by atoms with van der Waals surface area (Å²) in [4.78, 5) is 12.7. The van der Waals surface area contributed by atoms with Gasteiger partial charge in [0.15, 0.2) is 0 Å². The summed E-state index contributed by atoms with van der Waals surface area (Å²) in [5, 5.41) is 7.14. The molecule has 1 amide bonds. The van der Waals surface area contributed by atoms with Gasteiger partial charge in [-0.1, -0.05) is 35.9 Å². The van der Waals surface area contributed by atoms with E-state index in [1.54, 1.807) is 0 Å². The highest BCUT2D eigenvalue weighted by atomic mass is 35.5. The zero-order valence-corrected chi connectivity index (χ0v) is 15.4. The van der Waals surface area contributed by atoms with E-state index in [2.05, 4.69) is 10.6 Å². The summed E-state index contributed by atoms with van der Waals surface area (Å²) in [5.74, 6) is 0.928. The van der Waals surface area contributed by atoms with Crippen LogP contribution in [0.15, 0.2) is 48.5 Å². The number of amides is 1. The van der Waals surface area contributed by atoms with Crippen molar-refractivity contribution in [2.45, 2.75) is 25.9 Å². The molecule has 4 rings (SSSR count). The van der Waals surface area contributed by atoms with E-state index in [0.29, 0.717) is 17.4 Å². The smallest absolute Gasteiger partial charge is 0.228 e. The molecule has 2 N–H and O–H groups in total. The Morgan fingerprint density at radius 3 is 2.81 bits per heavy atom. The number of carbonyl (C=O) groups is 1. The highest BCUT2D eigenvalue weighted by Crippen LogP contribution is 2.58. The molecule has 0 bridgehead atoms. The Bertz CT molecular complexity index is 802. The van der Waals surface area contributed by atoms with Crippen molar-refractivity contribution in [3.8, 4) is 5.75 Å². The number of hydrogen-bond donors (Lipinski definition) is 2. The molecule has 1 saturated carbocycles. The van der Waals surface area contributed by atoms with E-state index in [9.17, 15) is 4.79 Å². The van der Waals surface area contributed by atoms with Crippen molar-refractivity contribution in [2.75, 3.05) is 18.4 Å². The van der Waals surface area contributed by atoms with Gasteiger partial charge in [0.2, 0.25) is 5.91 Å². The fraction of sp³-hybridized carbons (Fsp3) is 0.381. The standard InChI is InChI=1S/C21H23ClN2O2/c22-16-5-3-4-15(12-16)14-26-19-7-2-1-6-18(19)24-20(25)17-13-21(17)8-10-23-11-9-21/h1-7,12,17,23H,8-11,13-14H2,(H,24,25). The molecule has 2 aromatic carbocycles. The van der Waals surface area contributed by atoms with Crippen molar-refractivity contribution < 1.29 is 9.53 Å². The predicted octanol–water partition coefficient (Wildman–Crippen LogP) is 4.25. The number of rotatable bonds is 5. The molecule has 0 radical (unpaired) electrons. The van der Waals surface area contributed by atoms with E-state index in [-0.39, 0.29) is 17.2 Å². The molecule has 2 aromatic rings. The van der Waals surface area contributed by atoms with E-state index in [4.69, 9.17) is 16.3 Å². The third kappa shape index (κ3) is 3.71. The summed E-state index contributed by atoms with van der Waals surface area (Å²) in [5.41, 5.74) is 1.95. The Morgan fingerprint density at radius 2 is 2.00 bits per heavy atom. The van der Waals surface area contributed by atoms with Gasteiger partial charge >= 0.3 is 0 Å². The van der Waals surface area contributed by atoms with Gasteiger partial charge in [-0.3, -0.25) is 4.79 Å². The monoisotopic (exact) mass is 370 g/mol. The number of ether oxygens (including phenoxy) is 1. The maximum atomic E-state index is 12.7. The highest BCUT2D eigenvalue weighted by Gasteiger charge is 2.57. The number of hydrogen-bond acceptors (Lipinski definition) is 3. The van der Waals surface area contributed by atoms with Crippen LogP contribution in [0, 0.1) is 11.3 Å². The predicted molar refractivity (Wildman–Crippen MR) is 103 cm³/mol. The zero-order chi connectivity index (χ0) is 18.0.